The second-order valence-corrected chi connectivity index (χ2v) is 5.14. The lowest BCUT2D eigenvalue weighted by molar-refractivity contribution is 0.363. The number of ether oxygens (including phenoxy) is 1. The average Bonchev–Trinajstić information content (AvgIpc) is 2.81. The molecule has 1 nitrogen and oxygen atoms in total. The molecular formula is C17H28O. The molecule has 102 valence electrons. The third-order valence-corrected chi connectivity index (χ3v) is 4.13. The molecule has 1 aliphatic rings. The Morgan fingerprint density at radius 3 is 2.28 bits per heavy atom. The van der Waals surface area contributed by atoms with Crippen molar-refractivity contribution in [3.05, 3.63) is 28.8 Å². The molecule has 1 aliphatic carbocycles. The van der Waals surface area contributed by atoms with Crippen LogP contribution >= 0.6 is 0 Å². The molecule has 2 atom stereocenters. The minimum atomic E-state index is 0.832. The van der Waals surface area contributed by atoms with Crippen LogP contribution in [0.1, 0.15) is 50.8 Å². The highest BCUT2D eigenvalue weighted by molar-refractivity contribution is 5.44. The van der Waals surface area contributed by atoms with Crippen LogP contribution in [0.2, 0.25) is 0 Å². The molecule has 0 N–H and O–H groups in total. The lowest BCUT2D eigenvalue weighted by Gasteiger charge is -2.16. The summed E-state index contributed by atoms with van der Waals surface area (Å²) < 4.78 is 5.39. The van der Waals surface area contributed by atoms with Gasteiger partial charge in [0.2, 0.25) is 0 Å². The van der Waals surface area contributed by atoms with Crippen LogP contribution in [0.3, 0.4) is 0 Å². The van der Waals surface area contributed by atoms with Crippen molar-refractivity contribution in [2.75, 3.05) is 7.11 Å². The van der Waals surface area contributed by atoms with Crippen molar-refractivity contribution in [2.45, 2.75) is 53.9 Å². The Hall–Kier alpha value is -0.980. The summed E-state index contributed by atoms with van der Waals surface area (Å²) in [6, 6.07) is 4.56. The number of benzene rings is 1. The maximum absolute atomic E-state index is 5.39. The van der Waals surface area contributed by atoms with Crippen molar-refractivity contribution in [1.82, 2.24) is 0 Å². The summed E-state index contributed by atoms with van der Waals surface area (Å²) in [6.07, 6.45) is 3.78. The smallest absolute Gasteiger partial charge is 0.122 e. The number of aryl methyl sites for hydroxylation is 1. The van der Waals surface area contributed by atoms with Crippen LogP contribution in [0, 0.1) is 18.8 Å². The first kappa shape index (κ1) is 15.1. The maximum atomic E-state index is 5.39. The summed E-state index contributed by atoms with van der Waals surface area (Å²) in [5.41, 5.74) is 4.32. The summed E-state index contributed by atoms with van der Waals surface area (Å²) in [5.74, 6) is 2.72. The Labute approximate surface area is 113 Å². The molecule has 0 bridgehead atoms. The Kier molecular flexibility index (Phi) is 5.71. The summed E-state index contributed by atoms with van der Waals surface area (Å²) >= 11 is 0. The van der Waals surface area contributed by atoms with E-state index in [9.17, 15) is 0 Å². The molecule has 0 aliphatic heterocycles. The average molecular weight is 248 g/mol. The van der Waals surface area contributed by atoms with Gasteiger partial charge in [-0.25, -0.2) is 0 Å². The van der Waals surface area contributed by atoms with Gasteiger partial charge in [0, 0.05) is 0 Å². The van der Waals surface area contributed by atoms with Crippen LogP contribution in [0.5, 0.6) is 5.75 Å². The highest BCUT2D eigenvalue weighted by Gasteiger charge is 2.26. The van der Waals surface area contributed by atoms with Crippen LogP contribution in [0.4, 0.5) is 0 Å². The SMILES string of the molecule is CC.CCC(C)C1Cc2cc(C)c(OC)cc2C1. The quantitative estimate of drug-likeness (QED) is 0.747. The van der Waals surface area contributed by atoms with Crippen LogP contribution < -0.4 is 4.74 Å². The molecule has 0 amide bonds. The van der Waals surface area contributed by atoms with Gasteiger partial charge in [0.15, 0.2) is 0 Å². The van der Waals surface area contributed by atoms with Crippen molar-refractivity contribution in [2.24, 2.45) is 11.8 Å². The van der Waals surface area contributed by atoms with E-state index in [1.54, 1.807) is 12.7 Å². The Bertz CT molecular complexity index is 381. The number of hydrogen-bond acceptors (Lipinski definition) is 1. The summed E-state index contributed by atoms with van der Waals surface area (Å²) in [6.45, 7) is 10.8. The monoisotopic (exact) mass is 248 g/mol. The zero-order valence-corrected chi connectivity index (χ0v) is 12.8. The van der Waals surface area contributed by atoms with Gasteiger partial charge in [-0.2, -0.15) is 0 Å². The molecule has 0 aromatic heterocycles. The van der Waals surface area contributed by atoms with Crippen molar-refractivity contribution in [3.63, 3.8) is 0 Å². The summed E-state index contributed by atoms with van der Waals surface area (Å²) in [7, 11) is 1.76. The fraction of sp³-hybridized carbons (Fsp3) is 0.647. The number of rotatable bonds is 3. The Balaban J connectivity index is 0.000000771. The Morgan fingerprint density at radius 1 is 1.22 bits per heavy atom. The van der Waals surface area contributed by atoms with Gasteiger partial charge < -0.3 is 4.74 Å². The van der Waals surface area contributed by atoms with Crippen LogP contribution in [0.15, 0.2) is 12.1 Å². The summed E-state index contributed by atoms with van der Waals surface area (Å²) in [5, 5.41) is 0. The molecule has 0 saturated heterocycles. The van der Waals surface area contributed by atoms with E-state index in [-0.39, 0.29) is 0 Å². The number of fused-ring (bicyclic) bond motifs is 1. The minimum absolute atomic E-state index is 0.832. The highest BCUT2D eigenvalue weighted by Crippen LogP contribution is 2.36. The second kappa shape index (κ2) is 6.82. The van der Waals surface area contributed by atoms with Crippen molar-refractivity contribution in [1.29, 1.82) is 0 Å². The van der Waals surface area contributed by atoms with E-state index in [2.05, 4.69) is 32.9 Å². The standard InChI is InChI=1S/C15H22O.C2H6/c1-5-10(2)12-7-13-6-11(3)15(16-4)9-14(13)8-12;1-2/h6,9-10,12H,5,7-8H2,1-4H3;1-2H3. The molecule has 1 aromatic rings. The molecule has 0 spiro atoms. The molecule has 1 aromatic carbocycles. The zero-order valence-electron chi connectivity index (χ0n) is 12.8. The van der Waals surface area contributed by atoms with Gasteiger partial charge >= 0.3 is 0 Å². The van der Waals surface area contributed by atoms with Gasteiger partial charge in [-0.05, 0) is 54.4 Å². The molecule has 0 saturated carbocycles. The predicted molar refractivity (Wildman–Crippen MR) is 79.4 cm³/mol. The highest BCUT2D eigenvalue weighted by atomic mass is 16.5. The first-order chi connectivity index (χ1) is 8.65. The minimum Gasteiger partial charge on any atom is -0.496 e. The van der Waals surface area contributed by atoms with Gasteiger partial charge in [0.1, 0.15) is 5.75 Å². The van der Waals surface area contributed by atoms with Crippen LogP contribution in [-0.4, -0.2) is 7.11 Å². The fourth-order valence-electron chi connectivity index (χ4n) is 2.76. The van der Waals surface area contributed by atoms with Crippen molar-refractivity contribution >= 4 is 0 Å². The van der Waals surface area contributed by atoms with Gasteiger partial charge in [0.25, 0.3) is 0 Å². The topological polar surface area (TPSA) is 9.23 Å². The maximum Gasteiger partial charge on any atom is 0.122 e. The third-order valence-electron chi connectivity index (χ3n) is 4.13. The molecular weight excluding hydrogens is 220 g/mol. The normalized spacial score (nSPS) is 18.7. The Morgan fingerprint density at radius 2 is 1.78 bits per heavy atom. The van der Waals surface area contributed by atoms with E-state index >= 15 is 0 Å². The molecule has 1 heteroatoms. The van der Waals surface area contributed by atoms with E-state index in [1.807, 2.05) is 13.8 Å². The largest absolute Gasteiger partial charge is 0.496 e. The van der Waals surface area contributed by atoms with E-state index < -0.39 is 0 Å². The van der Waals surface area contributed by atoms with Gasteiger partial charge in [-0.15, -0.1) is 0 Å². The van der Waals surface area contributed by atoms with E-state index in [0.717, 1.165) is 17.6 Å². The first-order valence-corrected chi connectivity index (χ1v) is 7.32. The van der Waals surface area contributed by atoms with Gasteiger partial charge in [-0.3, -0.25) is 0 Å². The summed E-state index contributed by atoms with van der Waals surface area (Å²) in [4.78, 5) is 0. The van der Waals surface area contributed by atoms with Gasteiger partial charge in [0.05, 0.1) is 7.11 Å². The van der Waals surface area contributed by atoms with E-state index in [4.69, 9.17) is 4.74 Å². The van der Waals surface area contributed by atoms with Crippen LogP contribution in [0.25, 0.3) is 0 Å². The first-order valence-electron chi connectivity index (χ1n) is 7.32. The van der Waals surface area contributed by atoms with Crippen molar-refractivity contribution in [3.8, 4) is 5.75 Å². The lowest BCUT2D eigenvalue weighted by Crippen LogP contribution is -2.10. The van der Waals surface area contributed by atoms with E-state index in [0.29, 0.717) is 0 Å². The van der Waals surface area contributed by atoms with Gasteiger partial charge in [-0.1, -0.05) is 40.2 Å². The molecule has 2 rings (SSSR count). The lowest BCUT2D eigenvalue weighted by atomic mass is 9.89. The molecule has 0 radical (unpaired) electrons. The van der Waals surface area contributed by atoms with E-state index in [1.165, 1.54) is 30.4 Å². The molecule has 2 unspecified atom stereocenters. The fourth-order valence-corrected chi connectivity index (χ4v) is 2.76. The van der Waals surface area contributed by atoms with Crippen molar-refractivity contribution < 1.29 is 4.74 Å². The molecule has 0 fully saturated rings. The zero-order chi connectivity index (χ0) is 13.7. The molecule has 18 heavy (non-hydrogen) atoms. The second-order valence-electron chi connectivity index (χ2n) is 5.14. The number of methoxy groups -OCH3 is 1. The van der Waals surface area contributed by atoms with Crippen LogP contribution in [-0.2, 0) is 12.8 Å². The molecule has 0 heterocycles. The predicted octanol–water partition coefficient (Wildman–Crippen LogP) is 4.79. The number of hydrogen-bond donors (Lipinski definition) is 0. The third kappa shape index (κ3) is 3.07.